The molecule has 0 heterocycles. The Balaban J connectivity index is 1.90. The lowest BCUT2D eigenvalue weighted by Gasteiger charge is -2.42. The minimum absolute atomic E-state index is 0.0224. The van der Waals surface area contributed by atoms with Gasteiger partial charge in [0.25, 0.3) is 5.91 Å². The molecule has 0 saturated heterocycles. The number of hydrogen-bond acceptors (Lipinski definition) is 3. The highest BCUT2D eigenvalue weighted by Crippen LogP contribution is 2.36. The molecule has 0 aromatic heterocycles. The fraction of sp³-hybridized carbons (Fsp3) is 0.500. The third-order valence-electron chi connectivity index (χ3n) is 4.10. The lowest BCUT2D eigenvalue weighted by Crippen LogP contribution is -2.54. The minimum Gasteiger partial charge on any atom is -0.484 e. The Morgan fingerprint density at radius 3 is 2.50 bits per heavy atom. The number of aryl methyl sites for hydroxylation is 1. The van der Waals surface area contributed by atoms with Crippen LogP contribution in [0.3, 0.4) is 0 Å². The monoisotopic (exact) mass is 272 g/mol. The van der Waals surface area contributed by atoms with Crippen molar-refractivity contribution in [3.05, 3.63) is 29.8 Å². The average Bonchev–Trinajstić information content (AvgIpc) is 2.44. The summed E-state index contributed by atoms with van der Waals surface area (Å²) < 4.78 is 5.50. The van der Waals surface area contributed by atoms with E-state index in [0.29, 0.717) is 5.75 Å². The van der Waals surface area contributed by atoms with E-state index < -0.39 is 5.54 Å². The predicted molar refractivity (Wildman–Crippen MR) is 76.3 cm³/mol. The number of hydrogen-bond donors (Lipinski definition) is 0. The van der Waals surface area contributed by atoms with Gasteiger partial charge in [0, 0.05) is 7.05 Å². The Morgan fingerprint density at radius 2 is 2.05 bits per heavy atom. The number of likely N-dealkylation sites (N-methyl/N-ethyl adjacent to an activating group) is 1. The van der Waals surface area contributed by atoms with E-state index in [1.54, 1.807) is 7.05 Å². The third kappa shape index (κ3) is 2.77. The van der Waals surface area contributed by atoms with Gasteiger partial charge >= 0.3 is 0 Å². The summed E-state index contributed by atoms with van der Waals surface area (Å²) in [6, 6.07) is 9.98. The highest BCUT2D eigenvalue weighted by molar-refractivity contribution is 5.79. The summed E-state index contributed by atoms with van der Waals surface area (Å²) in [6.07, 6.45) is 3.50. The first-order valence-electron chi connectivity index (χ1n) is 7.01. The molecular formula is C16H20N2O2. The first-order valence-corrected chi connectivity index (χ1v) is 7.01. The number of carbonyl (C=O) groups excluding carboxylic acids is 1. The van der Waals surface area contributed by atoms with Gasteiger partial charge in [-0.1, -0.05) is 19.1 Å². The molecule has 4 nitrogen and oxygen atoms in total. The summed E-state index contributed by atoms with van der Waals surface area (Å²) >= 11 is 0. The van der Waals surface area contributed by atoms with Crippen LogP contribution in [0.5, 0.6) is 5.75 Å². The zero-order chi connectivity index (χ0) is 14.6. The Kier molecular flexibility index (Phi) is 4.29. The van der Waals surface area contributed by atoms with Crippen LogP contribution in [0.1, 0.15) is 31.7 Å². The molecule has 1 saturated carbocycles. The van der Waals surface area contributed by atoms with Crippen LogP contribution in [-0.4, -0.2) is 30.0 Å². The van der Waals surface area contributed by atoms with Crippen LogP contribution in [0.25, 0.3) is 0 Å². The van der Waals surface area contributed by atoms with Crippen molar-refractivity contribution in [2.45, 2.75) is 38.1 Å². The highest BCUT2D eigenvalue weighted by Gasteiger charge is 2.43. The van der Waals surface area contributed by atoms with Crippen molar-refractivity contribution in [1.82, 2.24) is 4.90 Å². The molecule has 1 aliphatic rings. The van der Waals surface area contributed by atoms with Gasteiger partial charge in [0.15, 0.2) is 6.61 Å². The Bertz CT molecular complexity index is 512. The fourth-order valence-corrected chi connectivity index (χ4v) is 2.34. The van der Waals surface area contributed by atoms with Gasteiger partial charge in [0.1, 0.15) is 11.3 Å². The molecule has 0 atom stereocenters. The first-order chi connectivity index (χ1) is 9.61. The van der Waals surface area contributed by atoms with E-state index in [2.05, 4.69) is 13.0 Å². The van der Waals surface area contributed by atoms with Crippen LogP contribution in [0.2, 0.25) is 0 Å². The second-order valence-corrected chi connectivity index (χ2v) is 5.24. The number of benzene rings is 1. The molecule has 1 fully saturated rings. The van der Waals surface area contributed by atoms with Gasteiger partial charge in [-0.05, 0) is 43.4 Å². The van der Waals surface area contributed by atoms with Gasteiger partial charge in [-0.3, -0.25) is 4.79 Å². The van der Waals surface area contributed by atoms with Crippen LogP contribution >= 0.6 is 0 Å². The van der Waals surface area contributed by atoms with Crippen molar-refractivity contribution in [3.63, 3.8) is 0 Å². The molecule has 2 rings (SSSR count). The molecule has 0 unspecified atom stereocenters. The molecule has 0 N–H and O–H groups in total. The Morgan fingerprint density at radius 1 is 1.40 bits per heavy atom. The van der Waals surface area contributed by atoms with Gasteiger partial charge in [0.05, 0.1) is 6.07 Å². The molecule has 4 heteroatoms. The molecule has 1 aromatic rings. The quantitative estimate of drug-likeness (QED) is 0.827. The number of nitriles is 1. The Hall–Kier alpha value is -2.02. The van der Waals surface area contributed by atoms with E-state index in [1.807, 2.05) is 24.3 Å². The van der Waals surface area contributed by atoms with Crippen molar-refractivity contribution in [2.24, 2.45) is 0 Å². The van der Waals surface area contributed by atoms with E-state index >= 15 is 0 Å². The molecule has 20 heavy (non-hydrogen) atoms. The fourth-order valence-electron chi connectivity index (χ4n) is 2.34. The van der Waals surface area contributed by atoms with E-state index in [0.717, 1.165) is 25.7 Å². The molecule has 0 radical (unpaired) electrons. The lowest BCUT2D eigenvalue weighted by molar-refractivity contribution is -0.138. The lowest BCUT2D eigenvalue weighted by atomic mass is 9.77. The van der Waals surface area contributed by atoms with Crippen LogP contribution in [-0.2, 0) is 11.2 Å². The molecule has 0 spiro atoms. The van der Waals surface area contributed by atoms with Crippen LogP contribution in [0.15, 0.2) is 24.3 Å². The summed E-state index contributed by atoms with van der Waals surface area (Å²) in [5.74, 6) is 0.536. The van der Waals surface area contributed by atoms with Crippen LogP contribution < -0.4 is 4.74 Å². The van der Waals surface area contributed by atoms with Crippen LogP contribution in [0, 0.1) is 11.3 Å². The summed E-state index contributed by atoms with van der Waals surface area (Å²) in [5, 5.41) is 9.21. The first kappa shape index (κ1) is 14.4. The second kappa shape index (κ2) is 5.96. The van der Waals surface area contributed by atoms with Crippen LogP contribution in [0.4, 0.5) is 0 Å². The molecule has 1 aromatic carbocycles. The van der Waals surface area contributed by atoms with Crippen molar-refractivity contribution in [2.75, 3.05) is 13.7 Å². The topological polar surface area (TPSA) is 53.3 Å². The molecule has 1 aliphatic carbocycles. The molecule has 106 valence electrons. The predicted octanol–water partition coefficient (Wildman–Crippen LogP) is 2.53. The van der Waals surface area contributed by atoms with Gasteiger partial charge < -0.3 is 9.64 Å². The number of nitrogens with zero attached hydrogens (tertiary/aromatic N) is 2. The maximum atomic E-state index is 12.1. The second-order valence-electron chi connectivity index (χ2n) is 5.24. The molecule has 0 bridgehead atoms. The molecule has 0 aliphatic heterocycles. The summed E-state index contributed by atoms with van der Waals surface area (Å²) in [6.45, 7) is 2.07. The van der Waals surface area contributed by atoms with Gasteiger partial charge in [-0.15, -0.1) is 0 Å². The third-order valence-corrected chi connectivity index (χ3v) is 4.10. The number of amides is 1. The maximum absolute atomic E-state index is 12.1. The standard InChI is InChI=1S/C16H20N2O2/c1-3-13-5-7-14(8-6-13)20-11-15(19)18(2)16(12-17)9-4-10-16/h5-8H,3-4,9-11H2,1-2H3. The summed E-state index contributed by atoms with van der Waals surface area (Å²) in [5.41, 5.74) is 0.630. The van der Waals surface area contributed by atoms with Gasteiger partial charge in [-0.25, -0.2) is 0 Å². The SMILES string of the molecule is CCc1ccc(OCC(=O)N(C)C2(C#N)CCC2)cc1. The minimum atomic E-state index is -0.605. The Labute approximate surface area is 120 Å². The summed E-state index contributed by atoms with van der Waals surface area (Å²) in [7, 11) is 1.69. The number of ether oxygens (including phenoxy) is 1. The maximum Gasteiger partial charge on any atom is 0.261 e. The van der Waals surface area contributed by atoms with E-state index in [4.69, 9.17) is 4.74 Å². The smallest absolute Gasteiger partial charge is 0.261 e. The average molecular weight is 272 g/mol. The van der Waals surface area contributed by atoms with Crippen molar-refractivity contribution in [1.29, 1.82) is 5.26 Å². The zero-order valence-corrected chi connectivity index (χ0v) is 12.1. The van der Waals surface area contributed by atoms with Crippen molar-refractivity contribution < 1.29 is 9.53 Å². The normalized spacial score (nSPS) is 15.8. The number of carbonyl (C=O) groups is 1. The van der Waals surface area contributed by atoms with E-state index in [1.165, 1.54) is 10.5 Å². The van der Waals surface area contributed by atoms with Crippen molar-refractivity contribution >= 4 is 5.91 Å². The largest absolute Gasteiger partial charge is 0.484 e. The van der Waals surface area contributed by atoms with Gasteiger partial charge in [-0.2, -0.15) is 5.26 Å². The van der Waals surface area contributed by atoms with Crippen molar-refractivity contribution in [3.8, 4) is 11.8 Å². The zero-order valence-electron chi connectivity index (χ0n) is 12.1. The van der Waals surface area contributed by atoms with Gasteiger partial charge in [0.2, 0.25) is 0 Å². The summed E-state index contributed by atoms with van der Waals surface area (Å²) in [4.78, 5) is 13.6. The number of rotatable bonds is 5. The highest BCUT2D eigenvalue weighted by atomic mass is 16.5. The van der Waals surface area contributed by atoms with E-state index in [9.17, 15) is 10.1 Å². The van der Waals surface area contributed by atoms with E-state index in [-0.39, 0.29) is 12.5 Å². The molecule has 1 amide bonds. The molecular weight excluding hydrogens is 252 g/mol.